The van der Waals surface area contributed by atoms with Gasteiger partial charge in [0.2, 0.25) is 0 Å². The molecule has 1 aromatic heterocycles. The predicted octanol–water partition coefficient (Wildman–Crippen LogP) is 5.74. The van der Waals surface area contributed by atoms with Crippen molar-refractivity contribution in [2.45, 2.75) is 44.7 Å². The van der Waals surface area contributed by atoms with Crippen molar-refractivity contribution in [3.8, 4) is 5.75 Å². The van der Waals surface area contributed by atoms with E-state index in [1.165, 1.54) is 30.6 Å². The van der Waals surface area contributed by atoms with Gasteiger partial charge in [0, 0.05) is 15.9 Å². The van der Waals surface area contributed by atoms with Crippen LogP contribution in [0.2, 0.25) is 10.0 Å². The number of carbonyl (C=O) groups is 2. The molecule has 1 amide bonds. The SMILES string of the molecule is COc1c(Cl)cc(Cl)cc1/C(O)=C1\C(=O)C(=O)N(C2CCCC2)C1c1sccc1C. The van der Waals surface area contributed by atoms with E-state index in [1.807, 2.05) is 18.4 Å². The highest BCUT2D eigenvalue weighted by Gasteiger charge is 2.50. The summed E-state index contributed by atoms with van der Waals surface area (Å²) in [4.78, 5) is 28.8. The zero-order chi connectivity index (χ0) is 21.6. The highest BCUT2D eigenvalue weighted by atomic mass is 35.5. The van der Waals surface area contributed by atoms with Crippen LogP contribution in [-0.2, 0) is 9.59 Å². The van der Waals surface area contributed by atoms with E-state index in [0.29, 0.717) is 0 Å². The first kappa shape index (κ1) is 21.2. The molecule has 5 nitrogen and oxygen atoms in total. The minimum Gasteiger partial charge on any atom is -0.507 e. The van der Waals surface area contributed by atoms with Gasteiger partial charge in [0.25, 0.3) is 11.7 Å². The molecule has 158 valence electrons. The van der Waals surface area contributed by atoms with Crippen molar-refractivity contribution in [1.29, 1.82) is 0 Å². The average molecular weight is 466 g/mol. The Kier molecular flexibility index (Phi) is 5.84. The molecule has 0 radical (unpaired) electrons. The molecule has 1 N–H and O–H groups in total. The number of Topliss-reactive ketones (excluding diaryl/α,β-unsaturated/α-hetero) is 1. The largest absolute Gasteiger partial charge is 0.507 e. The number of hydrogen-bond donors (Lipinski definition) is 1. The minimum absolute atomic E-state index is 0.0249. The van der Waals surface area contributed by atoms with Gasteiger partial charge in [-0.1, -0.05) is 36.0 Å². The fraction of sp³-hybridized carbons (Fsp3) is 0.364. The van der Waals surface area contributed by atoms with Crippen LogP contribution < -0.4 is 4.74 Å². The fourth-order valence-corrected chi connectivity index (χ4v) is 6.02. The molecule has 2 fully saturated rings. The molecule has 1 saturated heterocycles. The molecule has 2 aliphatic rings. The standard InChI is InChI=1S/C22H21Cl2NO4S/c1-11-7-8-30-21(11)17-16(19(27)22(28)25(17)13-5-3-4-6-13)18(26)14-9-12(23)10-15(24)20(14)29-2/h7-10,13,17,26H,3-6H2,1-2H3/b18-16+. The summed E-state index contributed by atoms with van der Waals surface area (Å²) < 4.78 is 5.36. The van der Waals surface area contributed by atoms with Crippen LogP contribution in [0.4, 0.5) is 0 Å². The molecule has 1 atom stereocenters. The number of carbonyl (C=O) groups excluding carboxylic acids is 2. The Bertz CT molecular complexity index is 1060. The van der Waals surface area contributed by atoms with Crippen LogP contribution in [0.3, 0.4) is 0 Å². The maximum atomic E-state index is 13.2. The van der Waals surface area contributed by atoms with E-state index in [9.17, 15) is 14.7 Å². The van der Waals surface area contributed by atoms with Crippen molar-refractivity contribution in [2.75, 3.05) is 7.11 Å². The number of amides is 1. The third kappa shape index (κ3) is 3.41. The molecule has 8 heteroatoms. The summed E-state index contributed by atoms with van der Waals surface area (Å²) in [6.45, 7) is 1.94. The summed E-state index contributed by atoms with van der Waals surface area (Å²) in [6, 6.07) is 4.27. The zero-order valence-corrected chi connectivity index (χ0v) is 18.9. The van der Waals surface area contributed by atoms with Gasteiger partial charge in [-0.15, -0.1) is 11.3 Å². The first-order valence-corrected chi connectivity index (χ1v) is 11.4. The van der Waals surface area contributed by atoms with E-state index >= 15 is 0 Å². The number of aliphatic hydroxyl groups excluding tert-OH is 1. The van der Waals surface area contributed by atoms with Crippen LogP contribution in [0.15, 0.2) is 29.2 Å². The molecule has 1 aromatic carbocycles. The number of nitrogens with zero attached hydrogens (tertiary/aromatic N) is 1. The lowest BCUT2D eigenvalue weighted by Crippen LogP contribution is -2.37. The highest BCUT2D eigenvalue weighted by molar-refractivity contribution is 7.10. The number of methoxy groups -OCH3 is 1. The lowest BCUT2D eigenvalue weighted by molar-refractivity contribution is -0.141. The minimum atomic E-state index is -0.699. The average Bonchev–Trinajstić information content (AvgIpc) is 3.42. The van der Waals surface area contributed by atoms with Crippen LogP contribution in [-0.4, -0.2) is 34.8 Å². The Morgan fingerprint density at radius 2 is 1.93 bits per heavy atom. The van der Waals surface area contributed by atoms with Gasteiger partial charge in [0.05, 0.1) is 23.3 Å². The predicted molar refractivity (Wildman–Crippen MR) is 118 cm³/mol. The maximum Gasteiger partial charge on any atom is 0.295 e. The second-order valence-corrected chi connectivity index (χ2v) is 9.37. The number of halogens is 2. The maximum absolute atomic E-state index is 13.2. The molecule has 0 bridgehead atoms. The van der Waals surface area contributed by atoms with Gasteiger partial charge in [0.1, 0.15) is 17.6 Å². The van der Waals surface area contributed by atoms with E-state index in [2.05, 4.69) is 0 Å². The monoisotopic (exact) mass is 465 g/mol. The first-order chi connectivity index (χ1) is 14.3. The molecule has 2 heterocycles. The number of likely N-dealkylation sites (tertiary alicyclic amines) is 1. The number of ether oxygens (including phenoxy) is 1. The number of aliphatic hydroxyl groups is 1. The smallest absolute Gasteiger partial charge is 0.295 e. The number of thiophene rings is 1. The molecular weight excluding hydrogens is 445 g/mol. The number of benzene rings is 1. The van der Waals surface area contributed by atoms with Gasteiger partial charge in [0.15, 0.2) is 0 Å². The molecule has 2 aromatic rings. The van der Waals surface area contributed by atoms with Crippen LogP contribution >= 0.6 is 34.5 Å². The second-order valence-electron chi connectivity index (χ2n) is 7.58. The molecule has 1 aliphatic heterocycles. The molecule has 1 aliphatic carbocycles. The van der Waals surface area contributed by atoms with Crippen molar-refractivity contribution >= 4 is 52.0 Å². The second kappa shape index (κ2) is 8.25. The Hall–Kier alpha value is -2.02. The Labute approximate surface area is 188 Å². The van der Waals surface area contributed by atoms with E-state index in [4.69, 9.17) is 27.9 Å². The Morgan fingerprint density at radius 3 is 2.53 bits per heavy atom. The van der Waals surface area contributed by atoms with Crippen molar-refractivity contribution < 1.29 is 19.4 Å². The van der Waals surface area contributed by atoms with E-state index in [-0.39, 0.29) is 38.7 Å². The van der Waals surface area contributed by atoms with Gasteiger partial charge in [-0.05, 0) is 48.9 Å². The zero-order valence-electron chi connectivity index (χ0n) is 16.6. The molecular formula is C22H21Cl2NO4S. The fourth-order valence-electron chi connectivity index (χ4n) is 4.42. The van der Waals surface area contributed by atoms with Crippen LogP contribution in [0.5, 0.6) is 5.75 Å². The van der Waals surface area contributed by atoms with Crippen LogP contribution in [0.1, 0.15) is 47.7 Å². The van der Waals surface area contributed by atoms with E-state index < -0.39 is 17.7 Å². The normalized spacial score (nSPS) is 21.6. The highest BCUT2D eigenvalue weighted by Crippen LogP contribution is 2.47. The summed E-state index contributed by atoms with van der Waals surface area (Å²) >= 11 is 13.9. The van der Waals surface area contributed by atoms with Crippen LogP contribution in [0, 0.1) is 6.92 Å². The lowest BCUT2D eigenvalue weighted by atomic mass is 9.97. The number of ketones is 1. The lowest BCUT2D eigenvalue weighted by Gasteiger charge is -2.30. The summed E-state index contributed by atoms with van der Waals surface area (Å²) in [5, 5.41) is 13.7. The number of aryl methyl sites for hydroxylation is 1. The summed E-state index contributed by atoms with van der Waals surface area (Å²) in [5.74, 6) is -1.40. The summed E-state index contributed by atoms with van der Waals surface area (Å²) in [7, 11) is 1.42. The van der Waals surface area contributed by atoms with Gasteiger partial charge in [-0.3, -0.25) is 9.59 Å². The summed E-state index contributed by atoms with van der Waals surface area (Å²) in [5.41, 5.74) is 1.21. The molecule has 0 spiro atoms. The molecule has 4 rings (SSSR count). The van der Waals surface area contributed by atoms with Gasteiger partial charge >= 0.3 is 0 Å². The first-order valence-electron chi connectivity index (χ1n) is 9.72. The number of rotatable bonds is 4. The summed E-state index contributed by atoms with van der Waals surface area (Å²) in [6.07, 6.45) is 3.73. The van der Waals surface area contributed by atoms with Crippen molar-refractivity contribution in [2.24, 2.45) is 0 Å². The Morgan fingerprint density at radius 1 is 1.23 bits per heavy atom. The van der Waals surface area contributed by atoms with E-state index in [1.54, 1.807) is 4.90 Å². The molecule has 1 unspecified atom stereocenters. The molecule has 30 heavy (non-hydrogen) atoms. The van der Waals surface area contributed by atoms with Crippen molar-refractivity contribution in [3.63, 3.8) is 0 Å². The van der Waals surface area contributed by atoms with Gasteiger partial charge < -0.3 is 14.7 Å². The van der Waals surface area contributed by atoms with Crippen molar-refractivity contribution in [1.82, 2.24) is 4.90 Å². The third-order valence-corrected chi connectivity index (χ3v) is 7.39. The topological polar surface area (TPSA) is 66.8 Å². The number of hydrogen-bond acceptors (Lipinski definition) is 5. The quantitative estimate of drug-likeness (QED) is 0.355. The Balaban J connectivity index is 1.96. The van der Waals surface area contributed by atoms with Crippen LogP contribution in [0.25, 0.3) is 5.76 Å². The third-order valence-electron chi connectivity index (χ3n) is 5.82. The molecule has 1 saturated carbocycles. The van der Waals surface area contributed by atoms with Crippen molar-refractivity contribution in [3.05, 3.63) is 55.2 Å². The van der Waals surface area contributed by atoms with Gasteiger partial charge in [-0.25, -0.2) is 0 Å². The van der Waals surface area contributed by atoms with E-state index in [0.717, 1.165) is 36.1 Å². The van der Waals surface area contributed by atoms with Gasteiger partial charge in [-0.2, -0.15) is 0 Å².